The van der Waals surface area contributed by atoms with E-state index in [2.05, 4.69) is 67.0 Å². The lowest BCUT2D eigenvalue weighted by atomic mass is 9.89. The third kappa shape index (κ3) is 3.61. The fraction of sp³-hybridized carbons (Fsp3) is 0.235. The van der Waals surface area contributed by atoms with E-state index in [9.17, 15) is 0 Å². The summed E-state index contributed by atoms with van der Waals surface area (Å²) in [4.78, 5) is 4.71. The molecule has 110 valence electrons. The van der Waals surface area contributed by atoms with Crippen LogP contribution in [0, 0.1) is 6.92 Å². The molecule has 0 spiro atoms. The molecule has 1 unspecified atom stereocenters. The quantitative estimate of drug-likeness (QED) is 0.678. The molecule has 1 atom stereocenters. The second kappa shape index (κ2) is 7.31. The summed E-state index contributed by atoms with van der Waals surface area (Å²) in [5.74, 6) is 0.322. The van der Waals surface area contributed by atoms with Gasteiger partial charge in [0, 0.05) is 11.6 Å². The lowest BCUT2D eigenvalue weighted by molar-refractivity contribution is 0.829. The molecule has 0 aliphatic carbocycles. The van der Waals surface area contributed by atoms with Gasteiger partial charge >= 0.3 is 0 Å². The first-order chi connectivity index (χ1) is 9.78. The summed E-state index contributed by atoms with van der Waals surface area (Å²) in [7, 11) is 0. The van der Waals surface area contributed by atoms with Crippen molar-refractivity contribution in [1.82, 2.24) is 0 Å². The van der Waals surface area contributed by atoms with Gasteiger partial charge in [0.05, 0.1) is 6.54 Å². The Morgan fingerprint density at radius 2 is 1.95 bits per heavy atom. The maximum atomic E-state index is 4.71. The first kappa shape index (κ1) is 16.4. The molecule has 0 radical (unpaired) electrons. The number of thioether (sulfide) groups is 1. The molecular formula is C17H19IN2S. The maximum Gasteiger partial charge on any atom is 0.160 e. The number of nitrogens with zero attached hydrogens (tertiary/aromatic N) is 1. The fourth-order valence-corrected chi connectivity index (χ4v) is 3.05. The number of aliphatic imine (C=N–C) groups is 1. The van der Waals surface area contributed by atoms with Gasteiger partial charge in [0.2, 0.25) is 0 Å². The number of nitrogens with one attached hydrogen (secondary N) is 1. The minimum atomic E-state index is 0. The van der Waals surface area contributed by atoms with Crippen molar-refractivity contribution in [3.63, 3.8) is 0 Å². The predicted molar refractivity (Wildman–Crippen MR) is 104 cm³/mol. The van der Waals surface area contributed by atoms with Crippen LogP contribution in [0.1, 0.15) is 22.6 Å². The van der Waals surface area contributed by atoms with E-state index in [4.69, 9.17) is 4.99 Å². The van der Waals surface area contributed by atoms with Crippen LogP contribution in [0.15, 0.2) is 53.5 Å². The molecular weight excluding hydrogens is 391 g/mol. The Kier molecular flexibility index (Phi) is 5.70. The van der Waals surface area contributed by atoms with Gasteiger partial charge in [0.15, 0.2) is 5.17 Å². The minimum absolute atomic E-state index is 0. The van der Waals surface area contributed by atoms with E-state index in [0.717, 1.165) is 11.7 Å². The van der Waals surface area contributed by atoms with Crippen LogP contribution in [0.4, 0.5) is 5.69 Å². The number of fused-ring (bicyclic) bond motifs is 1. The molecule has 1 aliphatic heterocycles. The van der Waals surface area contributed by atoms with E-state index in [1.54, 1.807) is 11.8 Å². The highest BCUT2D eigenvalue weighted by Gasteiger charge is 2.20. The van der Waals surface area contributed by atoms with Gasteiger partial charge in [0.1, 0.15) is 0 Å². The van der Waals surface area contributed by atoms with Gasteiger partial charge < -0.3 is 5.32 Å². The second-order valence-corrected chi connectivity index (χ2v) is 5.82. The second-order valence-electron chi connectivity index (χ2n) is 5.03. The van der Waals surface area contributed by atoms with E-state index >= 15 is 0 Å². The highest BCUT2D eigenvalue weighted by Crippen LogP contribution is 2.33. The van der Waals surface area contributed by atoms with E-state index in [0.29, 0.717) is 5.92 Å². The first-order valence-electron chi connectivity index (χ1n) is 6.79. The molecule has 0 saturated carbocycles. The average molecular weight is 410 g/mol. The van der Waals surface area contributed by atoms with Crippen LogP contribution in [0.5, 0.6) is 0 Å². The summed E-state index contributed by atoms with van der Waals surface area (Å²) in [6.07, 6.45) is 2.06. The number of rotatable bonds is 1. The number of halogens is 1. The third-order valence-corrected chi connectivity index (χ3v) is 4.25. The Morgan fingerprint density at radius 3 is 2.71 bits per heavy atom. The Bertz CT molecular complexity index is 655. The van der Waals surface area contributed by atoms with Crippen molar-refractivity contribution in [2.45, 2.75) is 12.8 Å². The normalized spacial score (nSPS) is 16.9. The zero-order valence-electron chi connectivity index (χ0n) is 12.2. The zero-order valence-corrected chi connectivity index (χ0v) is 15.3. The van der Waals surface area contributed by atoms with Crippen LogP contribution in [0.2, 0.25) is 0 Å². The van der Waals surface area contributed by atoms with E-state index < -0.39 is 0 Å². The fourth-order valence-electron chi connectivity index (χ4n) is 2.63. The number of aryl methyl sites for hydroxylation is 1. The van der Waals surface area contributed by atoms with Gasteiger partial charge in [-0.25, -0.2) is 0 Å². The van der Waals surface area contributed by atoms with E-state index in [1.807, 2.05) is 0 Å². The van der Waals surface area contributed by atoms with Crippen LogP contribution in [-0.2, 0) is 0 Å². The molecule has 2 nitrogen and oxygen atoms in total. The van der Waals surface area contributed by atoms with Gasteiger partial charge in [-0.05, 0) is 30.4 Å². The standard InChI is InChI=1S/C17H18N2S.HI/c1-12-6-5-7-13(10-12)15-11-18-17(20-2)19-16-9-4-3-8-14(15)16;/h3-10,15H,11H2,1-2H3,(H,18,19);1H. The van der Waals surface area contributed by atoms with Gasteiger partial charge in [-0.2, -0.15) is 0 Å². The van der Waals surface area contributed by atoms with E-state index in [1.165, 1.54) is 22.4 Å². The average Bonchev–Trinajstić information content (AvgIpc) is 2.66. The van der Waals surface area contributed by atoms with Crippen LogP contribution < -0.4 is 5.32 Å². The van der Waals surface area contributed by atoms with Gasteiger partial charge in [0.25, 0.3) is 0 Å². The monoisotopic (exact) mass is 410 g/mol. The van der Waals surface area contributed by atoms with Crippen molar-refractivity contribution >= 4 is 46.6 Å². The molecule has 1 N–H and O–H groups in total. The number of amidine groups is 1. The van der Waals surface area contributed by atoms with Crippen molar-refractivity contribution in [2.24, 2.45) is 4.99 Å². The van der Waals surface area contributed by atoms with Crippen molar-refractivity contribution < 1.29 is 0 Å². The van der Waals surface area contributed by atoms with Crippen LogP contribution in [0.25, 0.3) is 0 Å². The number of para-hydroxylation sites is 1. The zero-order chi connectivity index (χ0) is 13.9. The lowest BCUT2D eigenvalue weighted by Crippen LogP contribution is -2.06. The molecule has 3 rings (SSSR count). The van der Waals surface area contributed by atoms with Crippen LogP contribution >= 0.6 is 35.7 Å². The summed E-state index contributed by atoms with van der Waals surface area (Å²) in [6, 6.07) is 17.2. The summed E-state index contributed by atoms with van der Waals surface area (Å²) in [6.45, 7) is 2.94. The molecule has 0 bridgehead atoms. The Labute approximate surface area is 147 Å². The Morgan fingerprint density at radius 1 is 1.14 bits per heavy atom. The van der Waals surface area contributed by atoms with Gasteiger partial charge in [-0.15, -0.1) is 24.0 Å². The molecule has 1 heterocycles. The summed E-state index contributed by atoms with van der Waals surface area (Å²) >= 11 is 1.66. The molecule has 2 aromatic rings. The van der Waals surface area contributed by atoms with Crippen LogP contribution in [0.3, 0.4) is 0 Å². The predicted octanol–water partition coefficient (Wildman–Crippen LogP) is 4.89. The molecule has 2 aromatic carbocycles. The largest absolute Gasteiger partial charge is 0.335 e. The van der Waals surface area contributed by atoms with Gasteiger partial charge in [-0.1, -0.05) is 59.8 Å². The molecule has 0 saturated heterocycles. The summed E-state index contributed by atoms with van der Waals surface area (Å²) in [5, 5.41) is 4.43. The number of benzene rings is 2. The molecule has 0 amide bonds. The topological polar surface area (TPSA) is 24.4 Å². The van der Waals surface area contributed by atoms with Crippen LogP contribution in [-0.4, -0.2) is 18.0 Å². The first-order valence-corrected chi connectivity index (χ1v) is 8.01. The summed E-state index contributed by atoms with van der Waals surface area (Å²) in [5.41, 5.74) is 5.13. The van der Waals surface area contributed by atoms with Gasteiger partial charge in [-0.3, -0.25) is 4.99 Å². The number of hydrogen-bond acceptors (Lipinski definition) is 3. The Balaban J connectivity index is 0.00000161. The highest BCUT2D eigenvalue weighted by molar-refractivity contribution is 14.0. The van der Waals surface area contributed by atoms with Crippen molar-refractivity contribution in [1.29, 1.82) is 0 Å². The minimum Gasteiger partial charge on any atom is -0.335 e. The summed E-state index contributed by atoms with van der Waals surface area (Å²) < 4.78 is 0. The highest BCUT2D eigenvalue weighted by atomic mass is 127. The third-order valence-electron chi connectivity index (χ3n) is 3.63. The lowest BCUT2D eigenvalue weighted by Gasteiger charge is -2.17. The van der Waals surface area contributed by atoms with E-state index in [-0.39, 0.29) is 24.0 Å². The number of anilines is 1. The SMILES string of the molecule is CSC1=NCC(c2cccc(C)c2)c2ccccc2N1.I. The molecule has 0 aromatic heterocycles. The van der Waals surface area contributed by atoms with Crippen molar-refractivity contribution in [3.05, 3.63) is 65.2 Å². The molecule has 0 fully saturated rings. The maximum absolute atomic E-state index is 4.71. The molecule has 4 heteroatoms. The smallest absolute Gasteiger partial charge is 0.160 e. The van der Waals surface area contributed by atoms with Crippen molar-refractivity contribution in [3.8, 4) is 0 Å². The molecule has 21 heavy (non-hydrogen) atoms. The molecule has 1 aliphatic rings. The Hall–Kier alpha value is -1.01. The number of hydrogen-bond donors (Lipinski definition) is 1. The van der Waals surface area contributed by atoms with Crippen molar-refractivity contribution in [2.75, 3.05) is 18.1 Å².